The fourth-order valence-electron chi connectivity index (χ4n) is 2.41. The average molecular weight is 367 g/mol. The van der Waals surface area contributed by atoms with E-state index in [-0.39, 0.29) is 17.5 Å². The van der Waals surface area contributed by atoms with Gasteiger partial charge < -0.3 is 20.1 Å². The third-order valence-electron chi connectivity index (χ3n) is 3.68. The van der Waals surface area contributed by atoms with Gasteiger partial charge in [-0.3, -0.25) is 10.1 Å². The number of benzene rings is 2. The molecule has 1 aromatic heterocycles. The van der Waals surface area contributed by atoms with Crippen LogP contribution in [-0.4, -0.2) is 29.1 Å². The van der Waals surface area contributed by atoms with Crippen LogP contribution in [0.5, 0.6) is 11.5 Å². The first-order chi connectivity index (χ1) is 13.1. The number of hydrogen-bond acceptors (Lipinski definition) is 8. The molecule has 0 atom stereocenters. The molecule has 2 N–H and O–H groups in total. The highest BCUT2D eigenvalue weighted by Crippen LogP contribution is 2.32. The van der Waals surface area contributed by atoms with Gasteiger partial charge in [0.25, 0.3) is 0 Å². The van der Waals surface area contributed by atoms with Crippen molar-refractivity contribution in [1.29, 1.82) is 0 Å². The van der Waals surface area contributed by atoms with Crippen LogP contribution >= 0.6 is 0 Å². The molecular formula is C18H17N5O4. The zero-order valence-corrected chi connectivity index (χ0v) is 14.7. The SMILES string of the molecule is COc1ccccc1Nc1ncc([N+](=O)[O-])c(Nc2ccccc2OC)n1. The summed E-state index contributed by atoms with van der Waals surface area (Å²) in [6.45, 7) is 0. The third kappa shape index (κ3) is 4.03. The van der Waals surface area contributed by atoms with E-state index in [1.807, 2.05) is 12.1 Å². The molecule has 3 rings (SSSR count). The molecule has 3 aromatic rings. The van der Waals surface area contributed by atoms with E-state index in [4.69, 9.17) is 9.47 Å². The zero-order chi connectivity index (χ0) is 19.2. The molecule has 9 nitrogen and oxygen atoms in total. The van der Waals surface area contributed by atoms with Gasteiger partial charge in [0, 0.05) is 0 Å². The maximum Gasteiger partial charge on any atom is 0.329 e. The smallest absolute Gasteiger partial charge is 0.329 e. The number of ether oxygens (including phenoxy) is 2. The summed E-state index contributed by atoms with van der Waals surface area (Å²) in [6.07, 6.45) is 1.14. The fraction of sp³-hybridized carbons (Fsp3) is 0.111. The van der Waals surface area contributed by atoms with E-state index in [0.29, 0.717) is 22.9 Å². The van der Waals surface area contributed by atoms with Crippen molar-refractivity contribution in [2.75, 3.05) is 24.9 Å². The summed E-state index contributed by atoms with van der Waals surface area (Å²) in [5.41, 5.74) is 0.925. The first kappa shape index (κ1) is 17.9. The van der Waals surface area contributed by atoms with E-state index >= 15 is 0 Å². The van der Waals surface area contributed by atoms with Crippen molar-refractivity contribution in [3.8, 4) is 11.5 Å². The van der Waals surface area contributed by atoms with Crippen LogP contribution in [0.15, 0.2) is 54.7 Å². The summed E-state index contributed by atoms with van der Waals surface area (Å²) < 4.78 is 10.5. The van der Waals surface area contributed by atoms with Crippen molar-refractivity contribution < 1.29 is 14.4 Å². The molecule has 138 valence electrons. The van der Waals surface area contributed by atoms with Crippen LogP contribution in [0.2, 0.25) is 0 Å². The molecule has 0 bridgehead atoms. The van der Waals surface area contributed by atoms with Crippen molar-refractivity contribution in [3.63, 3.8) is 0 Å². The molecule has 0 aliphatic rings. The fourth-order valence-corrected chi connectivity index (χ4v) is 2.41. The minimum Gasteiger partial charge on any atom is -0.495 e. The maximum absolute atomic E-state index is 11.4. The molecule has 0 aliphatic heterocycles. The second kappa shape index (κ2) is 8.00. The number of nitro groups is 1. The highest BCUT2D eigenvalue weighted by atomic mass is 16.6. The van der Waals surface area contributed by atoms with Crippen molar-refractivity contribution >= 4 is 28.8 Å². The summed E-state index contributed by atoms with van der Waals surface area (Å²) in [5, 5.41) is 17.3. The lowest BCUT2D eigenvalue weighted by Gasteiger charge is -2.12. The highest BCUT2D eigenvalue weighted by molar-refractivity contribution is 5.71. The normalized spacial score (nSPS) is 10.1. The standard InChI is InChI=1S/C18H17N5O4/c1-26-15-9-5-3-7-12(15)20-17-14(23(24)25)11-19-18(22-17)21-13-8-4-6-10-16(13)27-2/h3-11H,1-2H3,(H2,19,20,21,22). The van der Waals surface area contributed by atoms with Crippen LogP contribution in [-0.2, 0) is 0 Å². The number of hydrogen-bond donors (Lipinski definition) is 2. The van der Waals surface area contributed by atoms with Gasteiger partial charge in [0.05, 0.1) is 30.5 Å². The number of nitrogens with one attached hydrogen (secondary N) is 2. The van der Waals surface area contributed by atoms with E-state index in [0.717, 1.165) is 6.20 Å². The number of anilines is 4. The monoisotopic (exact) mass is 367 g/mol. The number of aromatic nitrogens is 2. The predicted octanol–water partition coefficient (Wildman–Crippen LogP) is 3.89. The van der Waals surface area contributed by atoms with E-state index < -0.39 is 4.92 Å². The molecule has 0 amide bonds. The summed E-state index contributed by atoms with van der Waals surface area (Å²) in [4.78, 5) is 19.1. The van der Waals surface area contributed by atoms with Crippen LogP contribution in [0.3, 0.4) is 0 Å². The molecule has 0 aliphatic carbocycles. The largest absolute Gasteiger partial charge is 0.495 e. The number of nitrogens with zero attached hydrogens (tertiary/aromatic N) is 3. The molecule has 2 aromatic carbocycles. The molecule has 0 radical (unpaired) electrons. The van der Waals surface area contributed by atoms with E-state index in [9.17, 15) is 10.1 Å². The topological polar surface area (TPSA) is 111 Å². The summed E-state index contributed by atoms with van der Waals surface area (Å²) in [7, 11) is 3.06. The first-order valence-electron chi connectivity index (χ1n) is 7.94. The van der Waals surface area contributed by atoms with Gasteiger partial charge in [-0.25, -0.2) is 4.98 Å². The quantitative estimate of drug-likeness (QED) is 0.478. The lowest BCUT2D eigenvalue weighted by atomic mass is 10.3. The van der Waals surface area contributed by atoms with Crippen LogP contribution in [0.4, 0.5) is 28.8 Å². The Morgan fingerprint density at radius 1 is 0.926 bits per heavy atom. The van der Waals surface area contributed by atoms with Crippen LogP contribution < -0.4 is 20.1 Å². The number of rotatable bonds is 7. The molecule has 0 saturated carbocycles. The maximum atomic E-state index is 11.4. The predicted molar refractivity (Wildman–Crippen MR) is 101 cm³/mol. The van der Waals surface area contributed by atoms with Crippen LogP contribution in [0.1, 0.15) is 0 Å². The minimum absolute atomic E-state index is 0.0388. The number of para-hydroxylation sites is 4. The Bertz CT molecular complexity index is 964. The Kier molecular flexibility index (Phi) is 5.31. The van der Waals surface area contributed by atoms with Crippen molar-refractivity contribution in [1.82, 2.24) is 9.97 Å². The van der Waals surface area contributed by atoms with Crippen LogP contribution in [0, 0.1) is 10.1 Å². The van der Waals surface area contributed by atoms with Gasteiger partial charge in [0.15, 0.2) is 0 Å². The van der Waals surface area contributed by atoms with E-state index in [1.165, 1.54) is 7.11 Å². The first-order valence-corrected chi connectivity index (χ1v) is 7.94. The second-order valence-electron chi connectivity index (χ2n) is 5.34. The van der Waals surface area contributed by atoms with Gasteiger partial charge in [-0.2, -0.15) is 4.98 Å². The Morgan fingerprint density at radius 3 is 2.04 bits per heavy atom. The third-order valence-corrected chi connectivity index (χ3v) is 3.68. The molecule has 1 heterocycles. The van der Waals surface area contributed by atoms with Crippen molar-refractivity contribution in [3.05, 3.63) is 64.8 Å². The van der Waals surface area contributed by atoms with E-state index in [2.05, 4.69) is 20.6 Å². The lowest BCUT2D eigenvalue weighted by Crippen LogP contribution is -2.05. The van der Waals surface area contributed by atoms with Gasteiger partial charge in [-0.1, -0.05) is 24.3 Å². The molecule has 0 fully saturated rings. The highest BCUT2D eigenvalue weighted by Gasteiger charge is 2.19. The van der Waals surface area contributed by atoms with Crippen LogP contribution in [0.25, 0.3) is 0 Å². The van der Waals surface area contributed by atoms with Crippen molar-refractivity contribution in [2.45, 2.75) is 0 Å². The van der Waals surface area contributed by atoms with Gasteiger partial charge in [-0.15, -0.1) is 0 Å². The Labute approximate surface area is 155 Å². The van der Waals surface area contributed by atoms with Gasteiger partial charge >= 0.3 is 5.69 Å². The molecule has 0 spiro atoms. The molecule has 9 heteroatoms. The summed E-state index contributed by atoms with van der Waals surface area (Å²) >= 11 is 0. The number of methoxy groups -OCH3 is 2. The van der Waals surface area contributed by atoms with Gasteiger partial charge in [0.2, 0.25) is 11.8 Å². The average Bonchev–Trinajstić information content (AvgIpc) is 2.69. The Balaban J connectivity index is 1.97. The van der Waals surface area contributed by atoms with Gasteiger partial charge in [-0.05, 0) is 24.3 Å². The Morgan fingerprint density at radius 2 is 1.48 bits per heavy atom. The summed E-state index contributed by atoms with van der Waals surface area (Å²) in [6, 6.07) is 14.3. The molecule has 27 heavy (non-hydrogen) atoms. The lowest BCUT2D eigenvalue weighted by molar-refractivity contribution is -0.384. The van der Waals surface area contributed by atoms with Gasteiger partial charge in [0.1, 0.15) is 17.7 Å². The second-order valence-corrected chi connectivity index (χ2v) is 5.34. The zero-order valence-electron chi connectivity index (χ0n) is 14.7. The molecule has 0 saturated heterocycles. The van der Waals surface area contributed by atoms with E-state index in [1.54, 1.807) is 43.5 Å². The minimum atomic E-state index is -0.551. The Hall–Kier alpha value is -3.88. The molecule has 0 unspecified atom stereocenters. The molecular weight excluding hydrogens is 350 g/mol. The van der Waals surface area contributed by atoms with Crippen molar-refractivity contribution in [2.24, 2.45) is 0 Å². The summed E-state index contributed by atoms with van der Waals surface area (Å²) in [5.74, 6) is 1.35.